The minimum Gasteiger partial charge on any atom is -0.396 e. The highest BCUT2D eigenvalue weighted by molar-refractivity contribution is 9.10. The van der Waals surface area contributed by atoms with E-state index < -0.39 is 0 Å². The van der Waals surface area contributed by atoms with E-state index in [9.17, 15) is 5.11 Å². The van der Waals surface area contributed by atoms with Crippen LogP contribution >= 0.6 is 15.9 Å². The Morgan fingerprint density at radius 3 is 2.60 bits per heavy atom. The van der Waals surface area contributed by atoms with Gasteiger partial charge in [-0.05, 0) is 42.4 Å². The van der Waals surface area contributed by atoms with Crippen molar-refractivity contribution >= 4 is 15.9 Å². The molecular formula is C13H17BrO. The van der Waals surface area contributed by atoms with Crippen LogP contribution in [0, 0.1) is 0 Å². The van der Waals surface area contributed by atoms with Crippen molar-refractivity contribution in [1.29, 1.82) is 0 Å². The van der Waals surface area contributed by atoms with Gasteiger partial charge in [0.15, 0.2) is 0 Å². The first-order valence-corrected chi connectivity index (χ1v) is 6.43. The van der Waals surface area contributed by atoms with Gasteiger partial charge in [0.25, 0.3) is 0 Å². The van der Waals surface area contributed by atoms with Crippen LogP contribution in [0.4, 0.5) is 0 Å². The summed E-state index contributed by atoms with van der Waals surface area (Å²) in [5.74, 6) is 0. The molecule has 0 saturated heterocycles. The third-order valence-corrected chi connectivity index (χ3v) is 4.08. The van der Waals surface area contributed by atoms with Crippen molar-refractivity contribution in [3.63, 3.8) is 0 Å². The fourth-order valence-corrected chi connectivity index (χ4v) is 3.17. The van der Waals surface area contributed by atoms with Gasteiger partial charge in [-0.15, -0.1) is 0 Å². The lowest BCUT2D eigenvalue weighted by Crippen LogP contribution is -2.23. The molecule has 0 spiro atoms. The summed E-state index contributed by atoms with van der Waals surface area (Å²) >= 11 is 3.52. The number of halogens is 1. The first-order chi connectivity index (χ1) is 7.27. The molecular weight excluding hydrogens is 252 g/mol. The van der Waals surface area contributed by atoms with Crippen molar-refractivity contribution < 1.29 is 5.11 Å². The van der Waals surface area contributed by atoms with Crippen molar-refractivity contribution in [3.05, 3.63) is 34.3 Å². The van der Waals surface area contributed by atoms with Gasteiger partial charge >= 0.3 is 0 Å². The lowest BCUT2D eigenvalue weighted by molar-refractivity contribution is 0.237. The van der Waals surface area contributed by atoms with Gasteiger partial charge < -0.3 is 5.11 Å². The Hall–Kier alpha value is -0.340. The number of rotatable bonds is 3. The van der Waals surface area contributed by atoms with Crippen LogP contribution in [0.2, 0.25) is 0 Å². The molecule has 0 atom stereocenters. The van der Waals surface area contributed by atoms with Gasteiger partial charge in [0, 0.05) is 11.1 Å². The van der Waals surface area contributed by atoms with E-state index >= 15 is 0 Å². The number of hydrogen-bond acceptors (Lipinski definition) is 1. The maximum Gasteiger partial charge on any atom is 0.0439 e. The maximum atomic E-state index is 9.21. The van der Waals surface area contributed by atoms with Gasteiger partial charge in [0.2, 0.25) is 0 Å². The second kappa shape index (κ2) is 4.67. The minimum atomic E-state index is 0.249. The van der Waals surface area contributed by atoms with Crippen LogP contribution < -0.4 is 0 Å². The quantitative estimate of drug-likeness (QED) is 0.888. The number of benzene rings is 1. The second-order valence-corrected chi connectivity index (χ2v) is 5.39. The normalized spacial score (nSPS) is 19.3. The molecule has 15 heavy (non-hydrogen) atoms. The summed E-state index contributed by atoms with van der Waals surface area (Å²) in [4.78, 5) is 0. The fourth-order valence-electron chi connectivity index (χ4n) is 2.77. The molecule has 1 aromatic rings. The van der Waals surface area contributed by atoms with Gasteiger partial charge in [-0.1, -0.05) is 40.9 Å². The first kappa shape index (κ1) is 11.2. The molecule has 1 aliphatic rings. The first-order valence-electron chi connectivity index (χ1n) is 5.64. The highest BCUT2D eigenvalue weighted by Crippen LogP contribution is 2.44. The molecule has 1 aliphatic carbocycles. The van der Waals surface area contributed by atoms with Crippen LogP contribution in [-0.4, -0.2) is 11.7 Å². The standard InChI is InChI=1S/C13H17BrO/c14-12-5-3-4-11(10-12)13(8-9-15)6-1-2-7-13/h3-5,10,15H,1-2,6-9H2. The molecule has 1 saturated carbocycles. The summed E-state index contributed by atoms with van der Waals surface area (Å²) in [6.07, 6.45) is 5.95. The molecule has 82 valence electrons. The van der Waals surface area contributed by atoms with Gasteiger partial charge in [-0.25, -0.2) is 0 Å². The molecule has 0 radical (unpaired) electrons. The summed E-state index contributed by atoms with van der Waals surface area (Å²) in [7, 11) is 0. The Morgan fingerprint density at radius 2 is 2.00 bits per heavy atom. The third-order valence-electron chi connectivity index (χ3n) is 3.59. The second-order valence-electron chi connectivity index (χ2n) is 4.47. The average Bonchev–Trinajstić information content (AvgIpc) is 2.68. The van der Waals surface area contributed by atoms with E-state index in [1.165, 1.54) is 31.2 Å². The fraction of sp³-hybridized carbons (Fsp3) is 0.538. The van der Waals surface area contributed by atoms with Crippen LogP contribution in [-0.2, 0) is 5.41 Å². The van der Waals surface area contributed by atoms with Crippen molar-refractivity contribution in [2.24, 2.45) is 0 Å². The summed E-state index contributed by atoms with van der Waals surface area (Å²) in [5, 5.41) is 9.21. The number of hydrogen-bond donors (Lipinski definition) is 1. The van der Waals surface area contributed by atoms with Crippen LogP contribution in [0.1, 0.15) is 37.7 Å². The minimum absolute atomic E-state index is 0.249. The Morgan fingerprint density at radius 1 is 1.27 bits per heavy atom. The molecule has 2 heteroatoms. The predicted octanol–water partition coefficient (Wildman–Crippen LogP) is 3.64. The topological polar surface area (TPSA) is 20.2 Å². The molecule has 1 fully saturated rings. The lowest BCUT2D eigenvalue weighted by Gasteiger charge is -2.29. The zero-order valence-electron chi connectivity index (χ0n) is 8.88. The Balaban J connectivity index is 2.31. The average molecular weight is 269 g/mol. The van der Waals surface area contributed by atoms with Crippen molar-refractivity contribution in [1.82, 2.24) is 0 Å². The van der Waals surface area contributed by atoms with E-state index in [4.69, 9.17) is 0 Å². The SMILES string of the molecule is OCCC1(c2cccc(Br)c2)CCCC1. The van der Waals surface area contributed by atoms with Crippen LogP contribution in [0.5, 0.6) is 0 Å². The van der Waals surface area contributed by atoms with Gasteiger partial charge in [-0.2, -0.15) is 0 Å². The highest BCUT2D eigenvalue weighted by atomic mass is 79.9. The summed E-state index contributed by atoms with van der Waals surface area (Å²) in [6.45, 7) is 0.298. The zero-order valence-corrected chi connectivity index (χ0v) is 10.5. The van der Waals surface area contributed by atoms with E-state index in [0.29, 0.717) is 6.61 Å². The molecule has 1 nitrogen and oxygen atoms in total. The Kier molecular flexibility index (Phi) is 3.47. The third kappa shape index (κ3) is 2.26. The van der Waals surface area contributed by atoms with Crippen molar-refractivity contribution in [2.75, 3.05) is 6.61 Å². The van der Waals surface area contributed by atoms with Gasteiger partial charge in [0.1, 0.15) is 0 Å². The lowest BCUT2D eigenvalue weighted by atomic mass is 9.76. The molecule has 0 bridgehead atoms. The predicted molar refractivity (Wildman–Crippen MR) is 66.0 cm³/mol. The van der Waals surface area contributed by atoms with Crippen LogP contribution in [0.25, 0.3) is 0 Å². The summed E-state index contributed by atoms with van der Waals surface area (Å²) in [5.41, 5.74) is 1.64. The van der Waals surface area contributed by atoms with E-state index in [0.717, 1.165) is 10.9 Å². The van der Waals surface area contributed by atoms with E-state index in [2.05, 4.69) is 40.2 Å². The molecule has 2 rings (SSSR count). The highest BCUT2D eigenvalue weighted by Gasteiger charge is 2.34. The monoisotopic (exact) mass is 268 g/mol. The molecule has 0 unspecified atom stereocenters. The Labute approximate surface area is 99.6 Å². The smallest absolute Gasteiger partial charge is 0.0439 e. The Bertz CT molecular complexity index is 329. The molecule has 0 heterocycles. The molecule has 0 amide bonds. The van der Waals surface area contributed by atoms with Crippen LogP contribution in [0.15, 0.2) is 28.7 Å². The zero-order chi connectivity index (χ0) is 10.7. The maximum absolute atomic E-state index is 9.21. The van der Waals surface area contributed by atoms with Gasteiger partial charge in [-0.3, -0.25) is 0 Å². The van der Waals surface area contributed by atoms with Crippen molar-refractivity contribution in [2.45, 2.75) is 37.5 Å². The molecule has 1 aromatic carbocycles. The molecule has 0 aromatic heterocycles. The summed E-state index contributed by atoms with van der Waals surface area (Å²) in [6, 6.07) is 8.56. The van der Waals surface area contributed by atoms with Crippen LogP contribution in [0.3, 0.4) is 0 Å². The largest absolute Gasteiger partial charge is 0.396 e. The van der Waals surface area contributed by atoms with Gasteiger partial charge in [0.05, 0.1) is 0 Å². The van der Waals surface area contributed by atoms with E-state index in [1.54, 1.807) is 0 Å². The molecule has 1 N–H and O–H groups in total. The van der Waals surface area contributed by atoms with Crippen molar-refractivity contribution in [3.8, 4) is 0 Å². The van der Waals surface area contributed by atoms with E-state index in [1.807, 2.05) is 0 Å². The summed E-state index contributed by atoms with van der Waals surface area (Å²) < 4.78 is 1.14. The number of aliphatic hydroxyl groups excluding tert-OH is 1. The molecule has 0 aliphatic heterocycles. The van der Waals surface area contributed by atoms with E-state index in [-0.39, 0.29) is 5.41 Å². The number of aliphatic hydroxyl groups is 1.